The molecule has 5 heterocycles. The maximum atomic E-state index is 7.69. The van der Waals surface area contributed by atoms with E-state index in [9.17, 15) is 0 Å². The molecule has 0 radical (unpaired) electrons. The second kappa shape index (κ2) is 35.6. The summed E-state index contributed by atoms with van der Waals surface area (Å²) in [6.07, 6.45) is 9.91. The van der Waals surface area contributed by atoms with Crippen molar-refractivity contribution in [2.45, 2.75) is 96.8 Å². The molecular weight excluding hydrogens is 1320 g/mol. The molecule has 0 unspecified atom stereocenters. The Hall–Kier alpha value is -12.1. The molecule has 0 saturated heterocycles. The second-order valence-corrected chi connectivity index (χ2v) is 29.2. The van der Waals surface area contributed by atoms with Gasteiger partial charge in [-0.05, 0) is 257 Å². The molecule has 0 aliphatic rings. The van der Waals surface area contributed by atoms with Crippen LogP contribution in [-0.2, 0) is 35.2 Å². The van der Waals surface area contributed by atoms with Crippen molar-refractivity contribution in [3.8, 4) is 112 Å². The standard InChI is InChI=1S/C22H24N.2C21H22N.2C20H20N/c1-15-12-22(23(5)14-18(15)4)21-13-20(16(2)11-17(21)3)19-9-7-6-8-10-19;1-15-10-11-19(18-8-6-5-7-9-18)13-20(15)21-12-16(2)17(3)14-22(21)4;1-15-10-11-21(22(4)14-15)20-13-19(16(2)12-17(20)3)18-8-6-5-7-9-18;1-15-13-16(2)19(20-11-7-8-12-21(20)3)14-18(15)17-9-5-4-6-10-17;1-15-9-12-20(21(3)14-15)19-13-18(11-10-16(19)2)17-7-5-4-6-8-17/h6-14H,1-5H3;2*5-14H,1-4H3;2*4-14H,1-3H3/q5*+1/i;3D3;;;1D3. The fourth-order valence-electron chi connectivity index (χ4n) is 14.5. The summed E-state index contributed by atoms with van der Waals surface area (Å²) in [4.78, 5) is 0. The van der Waals surface area contributed by atoms with Gasteiger partial charge in [0.1, 0.15) is 35.2 Å². The van der Waals surface area contributed by atoms with E-state index in [0.717, 1.165) is 50.3 Å². The summed E-state index contributed by atoms with van der Waals surface area (Å²) in [6.45, 7) is 21.4. The molecule has 10 aromatic carbocycles. The first-order valence-corrected chi connectivity index (χ1v) is 37.6. The normalized spacial score (nSPS) is 11.8. The Balaban J connectivity index is 0.000000142. The maximum Gasteiger partial charge on any atom is 0.212 e. The topological polar surface area (TPSA) is 19.4 Å². The van der Waals surface area contributed by atoms with Crippen molar-refractivity contribution < 1.29 is 31.1 Å². The minimum atomic E-state index is -2.10. The summed E-state index contributed by atoms with van der Waals surface area (Å²) in [5, 5.41) is 0. The minimum Gasteiger partial charge on any atom is -0.201 e. The molecule has 0 fully saturated rings. The van der Waals surface area contributed by atoms with Crippen molar-refractivity contribution in [2.24, 2.45) is 35.2 Å². The summed E-state index contributed by atoms with van der Waals surface area (Å²) in [6, 6.07) is 97.5. The molecular formula is C104H108N5+5. The zero-order chi connectivity index (χ0) is 82.6. The molecule has 15 aromatic rings. The van der Waals surface area contributed by atoms with Crippen LogP contribution in [-0.4, -0.2) is 0 Å². The van der Waals surface area contributed by atoms with Gasteiger partial charge in [0, 0.05) is 94.7 Å². The summed E-state index contributed by atoms with van der Waals surface area (Å²) in [7, 11) is 10.1. The van der Waals surface area contributed by atoms with E-state index in [-0.39, 0.29) is 0 Å². The summed E-state index contributed by atoms with van der Waals surface area (Å²) < 4.78 is 56.2. The first-order valence-electron chi connectivity index (χ1n) is 40.6. The molecule has 0 spiro atoms. The highest BCUT2D eigenvalue weighted by Gasteiger charge is 2.21. The van der Waals surface area contributed by atoms with Crippen molar-refractivity contribution in [3.05, 3.63) is 388 Å². The van der Waals surface area contributed by atoms with Crippen LogP contribution in [0, 0.1) is 96.8 Å². The van der Waals surface area contributed by atoms with E-state index >= 15 is 0 Å². The molecule has 5 heteroatoms. The minimum absolute atomic E-state index is 0.352. The smallest absolute Gasteiger partial charge is 0.201 e. The van der Waals surface area contributed by atoms with Gasteiger partial charge in [0.2, 0.25) is 28.5 Å². The lowest BCUT2D eigenvalue weighted by atomic mass is 9.93. The molecule has 0 N–H and O–H groups in total. The Morgan fingerprint density at radius 1 is 0.183 bits per heavy atom. The summed E-state index contributed by atoms with van der Waals surface area (Å²) in [5.41, 5.74) is 40.0. The van der Waals surface area contributed by atoms with E-state index in [1.54, 1.807) is 18.5 Å². The highest BCUT2D eigenvalue weighted by Crippen LogP contribution is 2.36. The van der Waals surface area contributed by atoms with E-state index < -0.39 is 13.7 Å². The monoisotopic (exact) mass is 1430 g/mol. The fourth-order valence-corrected chi connectivity index (χ4v) is 14.5. The van der Waals surface area contributed by atoms with Gasteiger partial charge in [-0.15, -0.1) is 0 Å². The van der Waals surface area contributed by atoms with Gasteiger partial charge in [-0.25, -0.2) is 22.8 Å². The van der Waals surface area contributed by atoms with Crippen molar-refractivity contribution in [1.29, 1.82) is 0 Å². The van der Waals surface area contributed by atoms with Gasteiger partial charge in [0.25, 0.3) is 0 Å². The molecule has 109 heavy (non-hydrogen) atoms. The van der Waals surface area contributed by atoms with Crippen LogP contribution in [0.4, 0.5) is 0 Å². The number of hydrogen-bond acceptors (Lipinski definition) is 0. The molecule has 0 bridgehead atoms. The Labute approximate surface area is 659 Å². The Kier molecular flexibility index (Phi) is 22.8. The number of aromatic nitrogens is 5. The Bertz CT molecular complexity index is 5930. The van der Waals surface area contributed by atoms with Gasteiger partial charge < -0.3 is 0 Å². The van der Waals surface area contributed by atoms with Crippen LogP contribution in [0.15, 0.2) is 310 Å². The molecule has 15 rings (SSSR count). The second-order valence-electron chi connectivity index (χ2n) is 29.2. The number of benzene rings is 10. The molecule has 5 aromatic heterocycles. The molecule has 544 valence electrons. The number of hydrogen-bond donors (Lipinski definition) is 0. The highest BCUT2D eigenvalue weighted by molar-refractivity contribution is 5.80. The molecule has 0 amide bonds. The zero-order valence-electron chi connectivity index (χ0n) is 72.7. The predicted molar refractivity (Wildman–Crippen MR) is 459 cm³/mol. The fraction of sp³-hybridized carbons (Fsp3) is 0.183. The molecule has 0 atom stereocenters. The van der Waals surface area contributed by atoms with Crippen LogP contribution >= 0.6 is 0 Å². The Morgan fingerprint density at radius 3 is 0.881 bits per heavy atom. The molecule has 0 aliphatic carbocycles. The van der Waals surface area contributed by atoms with Crippen LogP contribution in [0.2, 0.25) is 0 Å². The third-order valence-electron chi connectivity index (χ3n) is 20.7. The van der Waals surface area contributed by atoms with E-state index in [1.807, 2.05) is 78.7 Å². The lowest BCUT2D eigenvalue weighted by Crippen LogP contribution is -2.31. The largest absolute Gasteiger partial charge is 0.212 e. The average molecular weight is 1430 g/mol. The SMILES string of the molecule is Cc1cc(-c2cc(-c3ccccc3)c(C)cc2C)[n+](C)cc1C.Cc1cc(C)c(-c2cccc[n+]2C)cc1-c1ccccc1.Cc1ccc(-c2cc(-c3ccccc3)c(C)cc2C)[n+](C)c1.[2H]C([2H])([2H])c1c[n+](C)c(-c2cc(-c3ccccc3)ccc2C)cc1C.[2H]C([2H])([2H])c1ccc(-c2cc(-c3ccccc3)ccc2C)[n+](C)c1. The van der Waals surface area contributed by atoms with Crippen molar-refractivity contribution >= 4 is 0 Å². The lowest BCUT2D eigenvalue weighted by Gasteiger charge is -2.12. The summed E-state index contributed by atoms with van der Waals surface area (Å²) in [5.74, 6) is 0. The quantitative estimate of drug-likeness (QED) is 0.122. The molecule has 0 saturated carbocycles. The number of nitrogens with zero attached hydrogens (tertiary/aromatic N) is 5. The van der Waals surface area contributed by atoms with E-state index in [4.69, 9.17) is 8.22 Å². The first-order chi connectivity index (χ1) is 54.8. The first kappa shape index (κ1) is 70.0. The van der Waals surface area contributed by atoms with Gasteiger partial charge in [-0.1, -0.05) is 194 Å². The summed E-state index contributed by atoms with van der Waals surface area (Å²) >= 11 is 0. The van der Waals surface area contributed by atoms with E-state index in [2.05, 4.69) is 354 Å². The molecule has 5 nitrogen and oxygen atoms in total. The van der Waals surface area contributed by atoms with Crippen molar-refractivity contribution in [2.75, 3.05) is 0 Å². The van der Waals surface area contributed by atoms with Crippen LogP contribution < -0.4 is 22.8 Å². The van der Waals surface area contributed by atoms with Crippen LogP contribution in [0.25, 0.3) is 112 Å². The van der Waals surface area contributed by atoms with Gasteiger partial charge >= 0.3 is 0 Å². The van der Waals surface area contributed by atoms with Crippen molar-refractivity contribution in [1.82, 2.24) is 0 Å². The lowest BCUT2D eigenvalue weighted by molar-refractivity contribution is -0.660. The van der Waals surface area contributed by atoms with Gasteiger partial charge in [-0.2, -0.15) is 0 Å². The predicted octanol–water partition coefficient (Wildman–Crippen LogP) is 23.5. The van der Waals surface area contributed by atoms with Crippen LogP contribution in [0.5, 0.6) is 0 Å². The average Bonchev–Trinajstić information content (AvgIpc) is 0.827. The van der Waals surface area contributed by atoms with Gasteiger partial charge in [0.05, 0.1) is 0 Å². The van der Waals surface area contributed by atoms with Crippen molar-refractivity contribution in [3.63, 3.8) is 0 Å². The molecule has 0 aliphatic heterocycles. The van der Waals surface area contributed by atoms with Crippen LogP contribution in [0.3, 0.4) is 0 Å². The van der Waals surface area contributed by atoms with E-state index in [0.29, 0.717) is 11.1 Å². The number of aryl methyl sites for hydroxylation is 19. The Morgan fingerprint density at radius 2 is 0.495 bits per heavy atom. The third-order valence-corrected chi connectivity index (χ3v) is 20.7. The number of rotatable bonds is 10. The van der Waals surface area contributed by atoms with E-state index in [1.165, 1.54) is 128 Å². The highest BCUT2D eigenvalue weighted by atomic mass is 14.9. The van der Waals surface area contributed by atoms with Gasteiger partial charge in [0.15, 0.2) is 31.0 Å². The van der Waals surface area contributed by atoms with Crippen LogP contribution in [0.1, 0.15) is 86.1 Å². The van der Waals surface area contributed by atoms with Gasteiger partial charge in [-0.3, -0.25) is 0 Å². The number of pyridine rings is 5. The zero-order valence-corrected chi connectivity index (χ0v) is 66.7. The maximum absolute atomic E-state index is 7.69. The third kappa shape index (κ3) is 19.0.